The van der Waals surface area contributed by atoms with Crippen LogP contribution < -0.4 is 10.9 Å². The van der Waals surface area contributed by atoms with E-state index < -0.39 is 10.0 Å². The molecule has 0 atom stereocenters. The van der Waals surface area contributed by atoms with Gasteiger partial charge in [0.15, 0.2) is 0 Å². The first-order valence-corrected chi connectivity index (χ1v) is 5.96. The number of aromatic nitrogens is 2. The lowest BCUT2D eigenvalue weighted by Crippen LogP contribution is -2.15. The van der Waals surface area contributed by atoms with Gasteiger partial charge in [0.1, 0.15) is 4.90 Å². The normalized spacial score (nSPS) is 11.6. The first kappa shape index (κ1) is 10.7. The molecule has 1 aromatic carbocycles. The maximum absolute atomic E-state index is 11.2. The molecule has 0 unspecified atom stereocenters. The van der Waals surface area contributed by atoms with Crippen LogP contribution in [0.4, 0.5) is 5.69 Å². The summed E-state index contributed by atoms with van der Waals surface area (Å²) in [5.41, 5.74) is 6.31. The molecular weight excluding hydrogens is 228 g/mol. The largest absolute Gasteiger partial charge is 0.396 e. The zero-order chi connectivity index (χ0) is 11.8. The monoisotopic (exact) mass is 238 g/mol. The molecule has 0 aliphatic rings. The second kappa shape index (κ2) is 3.62. The topological polar surface area (TPSA) is 104 Å². The number of primary sulfonamides is 1. The van der Waals surface area contributed by atoms with E-state index in [9.17, 15) is 8.42 Å². The number of hydrogen-bond donors (Lipinski definition) is 2. The van der Waals surface area contributed by atoms with Gasteiger partial charge in [-0.05, 0) is 18.2 Å². The Bertz CT molecular complexity index is 604. The summed E-state index contributed by atoms with van der Waals surface area (Å²) in [7, 11) is -3.81. The summed E-state index contributed by atoms with van der Waals surface area (Å²) in [6.45, 7) is 0. The van der Waals surface area contributed by atoms with E-state index in [-0.39, 0.29) is 10.6 Å². The maximum Gasteiger partial charge on any atom is 0.240 e. The van der Waals surface area contributed by atoms with Gasteiger partial charge >= 0.3 is 0 Å². The lowest BCUT2D eigenvalue weighted by molar-refractivity contribution is 0.598. The minimum Gasteiger partial charge on any atom is -0.396 e. The highest BCUT2D eigenvalue weighted by Crippen LogP contribution is 2.23. The summed E-state index contributed by atoms with van der Waals surface area (Å²) in [5.74, 6) is 0. The molecule has 0 aliphatic heterocycles. The number of benzene rings is 1. The van der Waals surface area contributed by atoms with Gasteiger partial charge in [-0.1, -0.05) is 6.07 Å². The fraction of sp³-hybridized carbons (Fsp3) is 0. The van der Waals surface area contributed by atoms with E-state index in [1.807, 2.05) is 0 Å². The second-order valence-corrected chi connectivity index (χ2v) is 4.71. The Labute approximate surface area is 92.5 Å². The lowest BCUT2D eigenvalue weighted by atomic mass is 10.3. The summed E-state index contributed by atoms with van der Waals surface area (Å²) in [5, 5.41) is 9.01. The van der Waals surface area contributed by atoms with E-state index in [4.69, 9.17) is 10.9 Å². The van der Waals surface area contributed by atoms with E-state index in [1.165, 1.54) is 10.7 Å². The van der Waals surface area contributed by atoms with Gasteiger partial charge in [0.25, 0.3) is 0 Å². The molecule has 4 N–H and O–H groups in total. The van der Waals surface area contributed by atoms with Crippen LogP contribution in [0, 0.1) is 0 Å². The summed E-state index contributed by atoms with van der Waals surface area (Å²) >= 11 is 0. The number of para-hydroxylation sites is 1. The molecular formula is C9H10N4O2S. The number of hydrogen-bond acceptors (Lipinski definition) is 4. The Balaban J connectivity index is 2.67. The first-order valence-electron chi connectivity index (χ1n) is 4.41. The molecule has 0 radical (unpaired) electrons. The molecule has 16 heavy (non-hydrogen) atoms. The molecule has 1 heterocycles. The summed E-state index contributed by atoms with van der Waals surface area (Å²) < 4.78 is 24.0. The smallest absolute Gasteiger partial charge is 0.240 e. The van der Waals surface area contributed by atoms with E-state index in [0.717, 1.165) is 0 Å². The van der Waals surface area contributed by atoms with Crippen molar-refractivity contribution in [2.45, 2.75) is 4.90 Å². The van der Waals surface area contributed by atoms with Crippen molar-refractivity contribution in [2.24, 2.45) is 5.14 Å². The number of anilines is 1. The minimum atomic E-state index is -3.81. The zero-order valence-corrected chi connectivity index (χ0v) is 9.05. The average molecular weight is 238 g/mol. The Morgan fingerprint density at radius 3 is 2.56 bits per heavy atom. The van der Waals surface area contributed by atoms with Gasteiger partial charge in [-0.2, -0.15) is 5.10 Å². The van der Waals surface area contributed by atoms with Gasteiger partial charge in [-0.15, -0.1) is 0 Å². The van der Waals surface area contributed by atoms with Crippen LogP contribution in [-0.4, -0.2) is 18.2 Å². The number of nitrogens with two attached hydrogens (primary N) is 2. The minimum absolute atomic E-state index is 0.0914. The van der Waals surface area contributed by atoms with Gasteiger partial charge in [-0.25, -0.2) is 18.2 Å². The van der Waals surface area contributed by atoms with E-state index >= 15 is 0 Å². The van der Waals surface area contributed by atoms with Crippen LogP contribution in [-0.2, 0) is 10.0 Å². The quantitative estimate of drug-likeness (QED) is 0.724. The SMILES string of the molecule is Nc1c(-n2cccn2)cccc1S(N)(=O)=O. The molecule has 0 saturated heterocycles. The highest BCUT2D eigenvalue weighted by atomic mass is 32.2. The van der Waals surface area contributed by atoms with Crippen LogP contribution in [0.2, 0.25) is 0 Å². The van der Waals surface area contributed by atoms with Crippen LogP contribution in [0.5, 0.6) is 0 Å². The second-order valence-electron chi connectivity index (χ2n) is 3.18. The van der Waals surface area contributed by atoms with Crippen molar-refractivity contribution in [1.82, 2.24) is 9.78 Å². The molecule has 2 rings (SSSR count). The van der Waals surface area contributed by atoms with Gasteiger partial charge in [0, 0.05) is 12.4 Å². The highest BCUT2D eigenvalue weighted by molar-refractivity contribution is 7.89. The van der Waals surface area contributed by atoms with Gasteiger partial charge in [0.2, 0.25) is 10.0 Å². The fourth-order valence-corrected chi connectivity index (χ4v) is 2.07. The van der Waals surface area contributed by atoms with Gasteiger partial charge < -0.3 is 5.73 Å². The zero-order valence-electron chi connectivity index (χ0n) is 8.24. The Kier molecular flexibility index (Phi) is 2.41. The highest BCUT2D eigenvalue weighted by Gasteiger charge is 2.15. The van der Waals surface area contributed by atoms with Crippen molar-refractivity contribution < 1.29 is 8.42 Å². The van der Waals surface area contributed by atoms with Crippen molar-refractivity contribution >= 4 is 15.7 Å². The number of rotatable bonds is 2. The summed E-state index contributed by atoms with van der Waals surface area (Å²) in [6.07, 6.45) is 3.24. The van der Waals surface area contributed by atoms with Crippen molar-refractivity contribution in [2.75, 3.05) is 5.73 Å². The molecule has 0 saturated carbocycles. The van der Waals surface area contributed by atoms with E-state index in [0.29, 0.717) is 5.69 Å². The van der Waals surface area contributed by atoms with Crippen molar-refractivity contribution in [3.8, 4) is 5.69 Å². The third kappa shape index (κ3) is 1.77. The van der Waals surface area contributed by atoms with E-state index in [1.54, 1.807) is 30.6 Å². The van der Waals surface area contributed by atoms with Crippen LogP contribution in [0.3, 0.4) is 0 Å². The van der Waals surface area contributed by atoms with E-state index in [2.05, 4.69) is 5.10 Å². The standard InChI is InChI=1S/C9H10N4O2S/c10-9-7(13-6-2-5-12-13)3-1-4-8(9)16(11,14)15/h1-6H,10H2,(H2,11,14,15). The van der Waals surface area contributed by atoms with Crippen LogP contribution >= 0.6 is 0 Å². The molecule has 2 aromatic rings. The molecule has 0 bridgehead atoms. The average Bonchev–Trinajstić information content (AvgIpc) is 2.69. The molecule has 1 aromatic heterocycles. The van der Waals surface area contributed by atoms with Crippen molar-refractivity contribution in [3.05, 3.63) is 36.7 Å². The third-order valence-electron chi connectivity index (χ3n) is 2.10. The Morgan fingerprint density at radius 2 is 2.00 bits per heavy atom. The number of nitrogens with zero attached hydrogens (tertiary/aromatic N) is 2. The third-order valence-corrected chi connectivity index (χ3v) is 3.07. The van der Waals surface area contributed by atoms with Gasteiger partial charge in [-0.3, -0.25) is 0 Å². The van der Waals surface area contributed by atoms with Crippen LogP contribution in [0.25, 0.3) is 5.69 Å². The molecule has 0 fully saturated rings. The van der Waals surface area contributed by atoms with Crippen LogP contribution in [0.15, 0.2) is 41.6 Å². The Hall–Kier alpha value is -1.86. The molecule has 0 spiro atoms. The predicted molar refractivity (Wildman–Crippen MR) is 59.3 cm³/mol. The molecule has 6 nitrogen and oxygen atoms in total. The fourth-order valence-electron chi connectivity index (χ4n) is 1.39. The van der Waals surface area contributed by atoms with Crippen molar-refractivity contribution in [1.29, 1.82) is 0 Å². The summed E-state index contributed by atoms with van der Waals surface area (Å²) in [6, 6.07) is 6.30. The van der Waals surface area contributed by atoms with Crippen LogP contribution in [0.1, 0.15) is 0 Å². The first-order chi connectivity index (χ1) is 7.50. The summed E-state index contributed by atoms with van der Waals surface area (Å²) in [4.78, 5) is -0.0968. The lowest BCUT2D eigenvalue weighted by Gasteiger charge is -2.08. The predicted octanol–water partition coefficient (Wildman–Crippen LogP) is 0.102. The molecule has 0 aliphatic carbocycles. The Morgan fingerprint density at radius 1 is 1.25 bits per heavy atom. The maximum atomic E-state index is 11.2. The molecule has 7 heteroatoms. The number of sulfonamides is 1. The molecule has 0 amide bonds. The van der Waals surface area contributed by atoms with Crippen molar-refractivity contribution in [3.63, 3.8) is 0 Å². The van der Waals surface area contributed by atoms with Gasteiger partial charge in [0.05, 0.1) is 11.4 Å². The molecule has 84 valence electrons. The number of nitrogen functional groups attached to an aromatic ring is 1.